The highest BCUT2D eigenvalue weighted by Crippen LogP contribution is 2.40. The lowest BCUT2D eigenvalue weighted by Gasteiger charge is -2.02. The maximum atomic E-state index is 11.2. The van der Waals surface area contributed by atoms with E-state index < -0.39 is 0 Å². The second-order valence-electron chi connectivity index (χ2n) is 3.52. The third-order valence-electron chi connectivity index (χ3n) is 2.55. The molecule has 1 fully saturated rings. The summed E-state index contributed by atoms with van der Waals surface area (Å²) in [6, 6.07) is 0. The molecule has 0 amide bonds. The lowest BCUT2D eigenvalue weighted by Crippen LogP contribution is -2.17. The number of rotatable bonds is 0. The van der Waals surface area contributed by atoms with E-state index in [9.17, 15) is 9.59 Å². The van der Waals surface area contributed by atoms with Crippen LogP contribution in [0.2, 0.25) is 0 Å². The number of fused-ring (bicyclic) bond motifs is 2. The van der Waals surface area contributed by atoms with E-state index in [1.54, 1.807) is 0 Å². The molecule has 2 nitrogen and oxygen atoms in total. The van der Waals surface area contributed by atoms with Gasteiger partial charge in [0, 0.05) is 0 Å². The van der Waals surface area contributed by atoms with Crippen LogP contribution in [0.3, 0.4) is 0 Å². The molecule has 62 valence electrons. The first-order chi connectivity index (χ1) is 5.63. The normalized spacial score (nSPS) is 32.0. The van der Waals surface area contributed by atoms with Crippen molar-refractivity contribution in [3.63, 3.8) is 0 Å². The molecule has 0 spiro atoms. The Morgan fingerprint density at radius 2 is 1.50 bits per heavy atom. The highest BCUT2D eigenvalue weighted by molar-refractivity contribution is 6.44. The van der Waals surface area contributed by atoms with Crippen molar-refractivity contribution in [2.24, 2.45) is 11.8 Å². The molecule has 0 N–H and O–H groups in total. The van der Waals surface area contributed by atoms with Crippen LogP contribution in [0.15, 0.2) is 23.3 Å². The Morgan fingerprint density at radius 3 is 1.75 bits per heavy atom. The van der Waals surface area contributed by atoms with Gasteiger partial charge < -0.3 is 0 Å². The van der Waals surface area contributed by atoms with Gasteiger partial charge in [-0.3, -0.25) is 9.59 Å². The molecule has 2 bridgehead atoms. The number of carbonyl (C=O) groups is 2. The Balaban J connectivity index is 2.57. The van der Waals surface area contributed by atoms with E-state index in [4.69, 9.17) is 0 Å². The summed E-state index contributed by atoms with van der Waals surface area (Å²) in [6.07, 6.45) is 3.69. The van der Waals surface area contributed by atoms with Gasteiger partial charge in [0.15, 0.2) is 0 Å². The van der Waals surface area contributed by atoms with Crippen molar-refractivity contribution < 1.29 is 9.59 Å². The van der Waals surface area contributed by atoms with Crippen molar-refractivity contribution in [2.45, 2.75) is 13.8 Å². The van der Waals surface area contributed by atoms with Gasteiger partial charge in [-0.2, -0.15) is 0 Å². The zero-order chi connectivity index (χ0) is 8.88. The maximum absolute atomic E-state index is 11.2. The van der Waals surface area contributed by atoms with Crippen LogP contribution in [0.25, 0.3) is 0 Å². The van der Waals surface area contributed by atoms with Gasteiger partial charge in [0.25, 0.3) is 0 Å². The van der Waals surface area contributed by atoms with E-state index in [1.807, 2.05) is 26.0 Å². The van der Waals surface area contributed by atoms with Gasteiger partial charge in [-0.15, -0.1) is 0 Å². The average Bonchev–Trinajstić information content (AvgIpc) is 2.51. The lowest BCUT2D eigenvalue weighted by molar-refractivity contribution is -0.136. The summed E-state index contributed by atoms with van der Waals surface area (Å²) in [4.78, 5) is 22.5. The highest BCUT2D eigenvalue weighted by Gasteiger charge is 2.46. The third-order valence-corrected chi connectivity index (χ3v) is 2.55. The predicted octanol–water partition coefficient (Wildman–Crippen LogP) is 1.28. The fraction of sp³-hybridized carbons (Fsp3) is 0.400. The van der Waals surface area contributed by atoms with Crippen LogP contribution in [0, 0.1) is 11.8 Å². The fourth-order valence-corrected chi connectivity index (χ4v) is 2.01. The molecule has 0 unspecified atom stereocenters. The van der Waals surface area contributed by atoms with E-state index in [0.717, 1.165) is 11.1 Å². The third kappa shape index (κ3) is 0.697. The first kappa shape index (κ1) is 7.47. The van der Waals surface area contributed by atoms with Crippen LogP contribution in [0.1, 0.15) is 13.8 Å². The van der Waals surface area contributed by atoms with Crippen LogP contribution >= 0.6 is 0 Å². The molecule has 0 aromatic rings. The van der Waals surface area contributed by atoms with E-state index >= 15 is 0 Å². The number of allylic oxidation sites excluding steroid dienone is 4. The van der Waals surface area contributed by atoms with Crippen LogP contribution in [-0.4, -0.2) is 11.6 Å². The van der Waals surface area contributed by atoms with E-state index in [0.29, 0.717) is 0 Å². The summed E-state index contributed by atoms with van der Waals surface area (Å²) in [5, 5.41) is 0. The van der Waals surface area contributed by atoms with E-state index in [1.165, 1.54) is 0 Å². The van der Waals surface area contributed by atoms with Gasteiger partial charge in [-0.1, -0.05) is 17.7 Å². The smallest absolute Gasteiger partial charge is 0.210 e. The summed E-state index contributed by atoms with van der Waals surface area (Å²) < 4.78 is 0. The molecule has 2 atom stereocenters. The summed E-state index contributed by atoms with van der Waals surface area (Å²) in [7, 11) is 0. The Hall–Kier alpha value is -1.18. The summed E-state index contributed by atoms with van der Waals surface area (Å²) in [5.41, 5.74) is 2.12. The Morgan fingerprint density at radius 1 is 1.08 bits per heavy atom. The molecular formula is C10H10O2. The first-order valence-electron chi connectivity index (χ1n) is 4.06. The van der Waals surface area contributed by atoms with Gasteiger partial charge >= 0.3 is 0 Å². The second-order valence-corrected chi connectivity index (χ2v) is 3.52. The maximum Gasteiger partial charge on any atom is 0.210 e. The van der Waals surface area contributed by atoms with Crippen molar-refractivity contribution in [1.82, 2.24) is 0 Å². The molecule has 2 rings (SSSR count). The number of ketones is 2. The molecule has 0 aromatic carbocycles. The van der Waals surface area contributed by atoms with Crippen molar-refractivity contribution in [3.8, 4) is 0 Å². The van der Waals surface area contributed by atoms with Gasteiger partial charge in [0.2, 0.25) is 11.6 Å². The van der Waals surface area contributed by atoms with Crippen LogP contribution in [0.4, 0.5) is 0 Å². The zero-order valence-electron chi connectivity index (χ0n) is 7.13. The quantitative estimate of drug-likeness (QED) is 0.397. The summed E-state index contributed by atoms with van der Waals surface area (Å²) in [6.45, 7) is 3.91. The minimum absolute atomic E-state index is 0.215. The molecule has 2 aliphatic rings. The van der Waals surface area contributed by atoms with Crippen LogP contribution < -0.4 is 0 Å². The van der Waals surface area contributed by atoms with Gasteiger partial charge in [0.05, 0.1) is 11.8 Å². The first-order valence-corrected chi connectivity index (χ1v) is 4.06. The monoisotopic (exact) mass is 162 g/mol. The molecule has 0 saturated heterocycles. The van der Waals surface area contributed by atoms with Crippen molar-refractivity contribution in [2.75, 3.05) is 0 Å². The molecular weight excluding hydrogens is 152 g/mol. The standard InChI is InChI=1S/C10H10O2/c1-5(2)8-6-3-4-7(8)10(12)9(6)11/h3-4,6-7H,1-2H3/t6-,7+. The van der Waals surface area contributed by atoms with Crippen LogP contribution in [-0.2, 0) is 9.59 Å². The predicted molar refractivity (Wildman–Crippen MR) is 44.5 cm³/mol. The van der Waals surface area contributed by atoms with Crippen molar-refractivity contribution in [3.05, 3.63) is 23.3 Å². The highest BCUT2D eigenvalue weighted by atomic mass is 16.2. The summed E-state index contributed by atoms with van der Waals surface area (Å²) >= 11 is 0. The second kappa shape index (κ2) is 2.16. The Kier molecular flexibility index (Phi) is 1.34. The topological polar surface area (TPSA) is 34.1 Å². The molecule has 0 heterocycles. The number of hydrogen-bond acceptors (Lipinski definition) is 2. The van der Waals surface area contributed by atoms with Gasteiger partial charge in [-0.25, -0.2) is 0 Å². The van der Waals surface area contributed by atoms with Crippen LogP contribution in [0.5, 0.6) is 0 Å². The molecule has 0 radical (unpaired) electrons. The number of hydrogen-bond donors (Lipinski definition) is 0. The Bertz CT molecular complexity index is 304. The fourth-order valence-electron chi connectivity index (χ4n) is 2.01. The van der Waals surface area contributed by atoms with Crippen molar-refractivity contribution >= 4 is 11.6 Å². The SMILES string of the molecule is CC(C)=C1[C@@H]2C=C[C@H]1C(=O)C2=O. The molecule has 0 aliphatic heterocycles. The lowest BCUT2D eigenvalue weighted by atomic mass is 10.00. The number of carbonyl (C=O) groups excluding carboxylic acids is 2. The molecule has 2 aliphatic carbocycles. The molecule has 1 saturated carbocycles. The molecule has 12 heavy (non-hydrogen) atoms. The van der Waals surface area contributed by atoms with Crippen molar-refractivity contribution in [1.29, 1.82) is 0 Å². The average molecular weight is 162 g/mol. The van der Waals surface area contributed by atoms with E-state index in [-0.39, 0.29) is 23.4 Å². The minimum Gasteiger partial charge on any atom is -0.290 e. The summed E-state index contributed by atoms with van der Waals surface area (Å²) in [5.74, 6) is -0.877. The van der Waals surface area contributed by atoms with Gasteiger partial charge in [-0.05, 0) is 19.4 Å². The molecule has 0 aromatic heterocycles. The largest absolute Gasteiger partial charge is 0.290 e. The Labute approximate surface area is 71.0 Å². The van der Waals surface area contributed by atoms with Gasteiger partial charge in [0.1, 0.15) is 0 Å². The van der Waals surface area contributed by atoms with E-state index in [2.05, 4.69) is 0 Å². The minimum atomic E-state index is -0.223. The molecule has 2 heteroatoms. The number of Topliss-reactive ketones (excluding diaryl/α,β-unsaturated/α-hetero) is 2. The zero-order valence-corrected chi connectivity index (χ0v) is 7.13.